The number of nitrogens with zero attached hydrogens (tertiary/aromatic N) is 2. The first kappa shape index (κ1) is 24.5. The predicted molar refractivity (Wildman–Crippen MR) is 81.1 cm³/mol. The van der Waals surface area contributed by atoms with Crippen molar-refractivity contribution in [2.24, 2.45) is 4.99 Å². The number of aliphatic hydroxyl groups is 1. The van der Waals surface area contributed by atoms with Crippen LogP contribution < -0.4 is 56.5 Å². The van der Waals surface area contributed by atoms with E-state index in [0.29, 0.717) is 0 Å². The summed E-state index contributed by atoms with van der Waals surface area (Å²) in [5, 5.41) is 29.9. The second-order valence-corrected chi connectivity index (χ2v) is 5.17. The number of aliphatic hydroxyl groups excluding tert-OH is 1. The van der Waals surface area contributed by atoms with Crippen molar-refractivity contribution in [2.75, 3.05) is 13.2 Å². The first-order chi connectivity index (χ1) is 9.88. The number of carboxylic acids is 1. The quantitative estimate of drug-likeness (QED) is 0.197. The van der Waals surface area contributed by atoms with E-state index in [0.717, 1.165) is 25.7 Å². The summed E-state index contributed by atoms with van der Waals surface area (Å²) in [5.41, 5.74) is 0. The molecule has 0 fully saturated rings. The van der Waals surface area contributed by atoms with Gasteiger partial charge in [-0.2, -0.15) is 0 Å². The average molecular weight is 338 g/mol. The first-order valence-corrected chi connectivity index (χ1v) is 7.41. The maximum absolute atomic E-state index is 11.6. The van der Waals surface area contributed by atoms with Crippen LogP contribution in [0.4, 0.5) is 0 Å². The Hall–Kier alpha value is 0.236. The van der Waals surface area contributed by atoms with Crippen molar-refractivity contribution < 1.29 is 71.5 Å². The summed E-state index contributed by atoms with van der Waals surface area (Å²) in [6.07, 6.45) is 6.69. The Balaban J connectivity index is 0. The maximum Gasteiger partial charge on any atom is 1.00 e. The van der Waals surface area contributed by atoms with E-state index in [2.05, 4.69) is 11.9 Å². The summed E-state index contributed by atoms with van der Waals surface area (Å²) in [6, 6.07) is -0.801. The molecule has 0 spiro atoms. The number of carboxylic acid groups (broad SMARTS) is 1. The van der Waals surface area contributed by atoms with Crippen LogP contribution in [0.5, 0.6) is 0 Å². The number of carbonyl (C=O) groups is 1. The van der Waals surface area contributed by atoms with E-state index in [1.165, 1.54) is 17.9 Å². The third kappa shape index (κ3) is 12.7. The van der Waals surface area contributed by atoms with E-state index >= 15 is 0 Å². The SMILES string of the molecule is CCCCC/C=C/C([O-])=NCN(CC(C)O)C(C)C(=O)O.[K+]. The Labute approximate surface area is 175 Å². The van der Waals surface area contributed by atoms with E-state index in [-0.39, 0.29) is 70.5 Å². The Bertz CT molecular complexity index is 359. The number of hydrogen-bond acceptors (Lipinski definition) is 5. The van der Waals surface area contributed by atoms with Gasteiger partial charge in [-0.3, -0.25) is 14.7 Å². The standard InChI is InChI=1S/C15H28N2O4.K/c1-4-5-6-7-8-9-14(19)16-11-17(10-12(2)18)13(3)15(20)21;/h8-9,12-13,18H,4-7,10-11H2,1-3H3,(H,16,19)(H,20,21);/q;+1/p-1/b9-8+;. The molecule has 7 heteroatoms. The zero-order valence-corrected chi connectivity index (χ0v) is 17.3. The molecule has 0 bridgehead atoms. The van der Waals surface area contributed by atoms with Gasteiger partial charge in [-0.05, 0) is 32.6 Å². The topological polar surface area (TPSA) is 96.2 Å². The van der Waals surface area contributed by atoms with E-state index < -0.39 is 18.1 Å². The van der Waals surface area contributed by atoms with Gasteiger partial charge in [0.1, 0.15) is 6.04 Å². The van der Waals surface area contributed by atoms with Crippen LogP contribution in [0.3, 0.4) is 0 Å². The van der Waals surface area contributed by atoms with Gasteiger partial charge in [0.25, 0.3) is 0 Å². The van der Waals surface area contributed by atoms with Gasteiger partial charge >= 0.3 is 57.4 Å². The molecule has 2 atom stereocenters. The van der Waals surface area contributed by atoms with Gasteiger partial charge in [0.05, 0.1) is 12.8 Å². The third-order valence-electron chi connectivity index (χ3n) is 3.05. The molecule has 2 unspecified atom stereocenters. The fraction of sp³-hybridized carbons (Fsp3) is 0.733. The van der Waals surface area contributed by atoms with Gasteiger partial charge in [-0.1, -0.05) is 31.9 Å². The minimum absolute atomic E-state index is 0. The van der Waals surface area contributed by atoms with Crippen LogP contribution in [0, 0.1) is 0 Å². The molecule has 2 N–H and O–H groups in total. The van der Waals surface area contributed by atoms with Crippen molar-refractivity contribution >= 4 is 11.9 Å². The smallest absolute Gasteiger partial charge is 0.859 e. The van der Waals surface area contributed by atoms with Gasteiger partial charge in [0.2, 0.25) is 0 Å². The third-order valence-corrected chi connectivity index (χ3v) is 3.05. The Morgan fingerprint density at radius 3 is 2.50 bits per heavy atom. The largest absolute Gasteiger partial charge is 1.00 e. The number of allylic oxidation sites excluding steroid dienone is 1. The molecule has 0 saturated heterocycles. The van der Waals surface area contributed by atoms with Gasteiger partial charge < -0.3 is 15.3 Å². The minimum atomic E-state index is -1.01. The summed E-state index contributed by atoms with van der Waals surface area (Å²) in [7, 11) is 0. The molecule has 0 aliphatic carbocycles. The number of aliphatic imine (C=N–C) groups is 1. The molecule has 0 aliphatic rings. The number of rotatable bonds is 11. The van der Waals surface area contributed by atoms with Crippen LogP contribution in [-0.4, -0.2) is 52.3 Å². The molecule has 0 aromatic rings. The average Bonchev–Trinajstić information content (AvgIpc) is 2.41. The summed E-state index contributed by atoms with van der Waals surface area (Å²) in [4.78, 5) is 16.3. The van der Waals surface area contributed by atoms with Crippen molar-refractivity contribution in [3.63, 3.8) is 0 Å². The molecule has 122 valence electrons. The molecular formula is C15H27KN2O4. The van der Waals surface area contributed by atoms with Crippen molar-refractivity contribution in [2.45, 2.75) is 58.6 Å². The Kier molecular flexibility index (Phi) is 16.5. The Morgan fingerprint density at radius 1 is 1.36 bits per heavy atom. The van der Waals surface area contributed by atoms with E-state index in [9.17, 15) is 15.0 Å². The van der Waals surface area contributed by atoms with E-state index in [1.54, 1.807) is 13.0 Å². The van der Waals surface area contributed by atoms with Crippen molar-refractivity contribution in [1.82, 2.24) is 4.90 Å². The maximum atomic E-state index is 11.6. The molecule has 6 nitrogen and oxygen atoms in total. The molecule has 0 aromatic carbocycles. The first-order valence-electron chi connectivity index (χ1n) is 7.41. The molecule has 22 heavy (non-hydrogen) atoms. The van der Waals surface area contributed by atoms with E-state index in [1.807, 2.05) is 0 Å². The van der Waals surface area contributed by atoms with Crippen LogP contribution in [0.15, 0.2) is 17.1 Å². The molecule has 0 saturated carbocycles. The summed E-state index contributed by atoms with van der Waals surface area (Å²) in [5.74, 6) is -1.38. The molecule has 0 heterocycles. The van der Waals surface area contributed by atoms with Gasteiger partial charge in [0.15, 0.2) is 0 Å². The zero-order valence-electron chi connectivity index (χ0n) is 14.2. The van der Waals surface area contributed by atoms with Crippen molar-refractivity contribution in [3.8, 4) is 0 Å². The monoisotopic (exact) mass is 338 g/mol. The summed E-state index contributed by atoms with van der Waals surface area (Å²) >= 11 is 0. The van der Waals surface area contributed by atoms with Crippen LogP contribution in [0.2, 0.25) is 0 Å². The number of hydrogen-bond donors (Lipinski definition) is 2. The van der Waals surface area contributed by atoms with Crippen molar-refractivity contribution in [3.05, 3.63) is 12.2 Å². The molecule has 0 aliphatic heterocycles. The van der Waals surface area contributed by atoms with Crippen LogP contribution in [0.25, 0.3) is 0 Å². The number of aliphatic carboxylic acids is 1. The van der Waals surface area contributed by atoms with Crippen LogP contribution >= 0.6 is 0 Å². The van der Waals surface area contributed by atoms with Gasteiger partial charge in [-0.15, -0.1) is 0 Å². The van der Waals surface area contributed by atoms with Crippen LogP contribution in [0.1, 0.15) is 46.5 Å². The van der Waals surface area contributed by atoms with E-state index in [4.69, 9.17) is 5.11 Å². The molecule has 0 radical (unpaired) electrons. The molecule has 0 aromatic heterocycles. The molecule has 0 amide bonds. The Morgan fingerprint density at radius 2 is 2.00 bits per heavy atom. The minimum Gasteiger partial charge on any atom is -0.859 e. The second kappa shape index (κ2) is 14.8. The fourth-order valence-electron chi connectivity index (χ4n) is 1.74. The molecule has 0 rings (SSSR count). The van der Waals surface area contributed by atoms with Crippen molar-refractivity contribution in [1.29, 1.82) is 0 Å². The van der Waals surface area contributed by atoms with Gasteiger partial charge in [0, 0.05) is 6.54 Å². The van der Waals surface area contributed by atoms with Gasteiger partial charge in [-0.25, -0.2) is 0 Å². The predicted octanol–water partition coefficient (Wildman–Crippen LogP) is -2.00. The summed E-state index contributed by atoms with van der Waals surface area (Å²) in [6.45, 7) is 5.31. The summed E-state index contributed by atoms with van der Waals surface area (Å²) < 4.78 is 0. The fourth-order valence-corrected chi connectivity index (χ4v) is 1.74. The normalized spacial score (nSPS) is 14.9. The zero-order chi connectivity index (χ0) is 16.3. The van der Waals surface area contributed by atoms with Crippen LogP contribution in [-0.2, 0) is 4.79 Å². The molecular weight excluding hydrogens is 311 g/mol. The second-order valence-electron chi connectivity index (χ2n) is 5.17. The number of unbranched alkanes of at least 4 members (excludes halogenated alkanes) is 3.